The molecule has 0 fully saturated rings. The molecule has 20 heavy (non-hydrogen) atoms. The SMILES string of the molecule is CCOc1nc(OCC)nc(-c2ccc(O)cc2O)n1. The molecule has 2 aromatic rings. The second-order valence-electron chi connectivity index (χ2n) is 3.79. The van der Waals surface area contributed by atoms with Crippen molar-refractivity contribution in [2.24, 2.45) is 0 Å². The Morgan fingerprint density at radius 2 is 1.55 bits per heavy atom. The van der Waals surface area contributed by atoms with Crippen molar-refractivity contribution in [3.05, 3.63) is 18.2 Å². The molecule has 0 spiro atoms. The Hall–Kier alpha value is -2.57. The minimum absolute atomic E-state index is 0.0460. The minimum atomic E-state index is -0.138. The lowest BCUT2D eigenvalue weighted by molar-refractivity contribution is 0.280. The van der Waals surface area contributed by atoms with Crippen LogP contribution in [0.15, 0.2) is 18.2 Å². The van der Waals surface area contributed by atoms with Crippen molar-refractivity contribution in [2.45, 2.75) is 13.8 Å². The van der Waals surface area contributed by atoms with Gasteiger partial charge < -0.3 is 19.7 Å². The van der Waals surface area contributed by atoms with Crippen molar-refractivity contribution in [2.75, 3.05) is 13.2 Å². The summed E-state index contributed by atoms with van der Waals surface area (Å²) in [5, 5.41) is 19.1. The van der Waals surface area contributed by atoms with E-state index < -0.39 is 0 Å². The predicted octanol–water partition coefficient (Wildman–Crippen LogP) is 1.75. The molecule has 0 unspecified atom stereocenters. The molecular formula is C13H15N3O4. The number of aromatic hydroxyl groups is 2. The first-order valence-electron chi connectivity index (χ1n) is 6.18. The summed E-state index contributed by atoms with van der Waals surface area (Å²) in [6, 6.07) is 4.38. The molecule has 1 aromatic carbocycles. The fraction of sp³-hybridized carbons (Fsp3) is 0.308. The van der Waals surface area contributed by atoms with Crippen LogP contribution in [0.4, 0.5) is 0 Å². The van der Waals surface area contributed by atoms with Crippen molar-refractivity contribution in [1.29, 1.82) is 0 Å². The van der Waals surface area contributed by atoms with E-state index in [1.807, 2.05) is 13.8 Å². The van der Waals surface area contributed by atoms with Gasteiger partial charge >= 0.3 is 12.0 Å². The van der Waals surface area contributed by atoms with E-state index in [0.29, 0.717) is 18.8 Å². The van der Waals surface area contributed by atoms with Crippen LogP contribution >= 0.6 is 0 Å². The highest BCUT2D eigenvalue weighted by Gasteiger charge is 2.13. The van der Waals surface area contributed by atoms with E-state index in [2.05, 4.69) is 15.0 Å². The van der Waals surface area contributed by atoms with E-state index in [1.165, 1.54) is 18.2 Å². The molecule has 7 nitrogen and oxygen atoms in total. The van der Waals surface area contributed by atoms with Gasteiger partial charge in [-0.3, -0.25) is 0 Å². The number of hydrogen-bond donors (Lipinski definition) is 2. The molecule has 0 saturated carbocycles. The lowest BCUT2D eigenvalue weighted by Gasteiger charge is -2.08. The number of phenolic OH excluding ortho intramolecular Hbond substituents is 2. The first-order valence-corrected chi connectivity index (χ1v) is 6.18. The standard InChI is InChI=1S/C13H15N3O4/c1-3-19-12-14-11(15-13(16-12)20-4-2)9-6-5-8(17)7-10(9)18/h5-7,17-18H,3-4H2,1-2H3. The number of aromatic nitrogens is 3. The minimum Gasteiger partial charge on any atom is -0.508 e. The van der Waals surface area contributed by atoms with Gasteiger partial charge in [0.25, 0.3) is 0 Å². The second-order valence-corrected chi connectivity index (χ2v) is 3.79. The largest absolute Gasteiger partial charge is 0.508 e. The average Bonchev–Trinajstić information content (AvgIpc) is 2.39. The lowest BCUT2D eigenvalue weighted by atomic mass is 10.2. The van der Waals surface area contributed by atoms with Gasteiger partial charge in [0.15, 0.2) is 5.82 Å². The summed E-state index contributed by atoms with van der Waals surface area (Å²) in [5.41, 5.74) is 0.354. The van der Waals surface area contributed by atoms with Gasteiger partial charge in [-0.1, -0.05) is 0 Å². The van der Waals surface area contributed by atoms with E-state index in [1.54, 1.807) is 0 Å². The predicted molar refractivity (Wildman–Crippen MR) is 70.9 cm³/mol. The third-order valence-corrected chi connectivity index (χ3v) is 2.36. The van der Waals surface area contributed by atoms with Crippen molar-refractivity contribution >= 4 is 0 Å². The molecule has 0 aliphatic rings. The molecule has 0 radical (unpaired) electrons. The molecule has 2 N–H and O–H groups in total. The normalized spacial score (nSPS) is 10.3. The van der Waals surface area contributed by atoms with Gasteiger partial charge in [0.2, 0.25) is 0 Å². The molecule has 0 aliphatic carbocycles. The molecule has 0 aliphatic heterocycles. The van der Waals surface area contributed by atoms with Crippen LogP contribution in [0.25, 0.3) is 11.4 Å². The third kappa shape index (κ3) is 3.05. The average molecular weight is 277 g/mol. The Morgan fingerprint density at radius 3 is 2.05 bits per heavy atom. The van der Waals surface area contributed by atoms with Gasteiger partial charge in [-0.25, -0.2) is 0 Å². The number of benzene rings is 1. The Bertz CT molecular complexity index is 580. The lowest BCUT2D eigenvalue weighted by Crippen LogP contribution is -2.05. The zero-order valence-corrected chi connectivity index (χ0v) is 11.2. The molecular weight excluding hydrogens is 262 g/mol. The van der Waals surface area contributed by atoms with Crippen LogP contribution < -0.4 is 9.47 Å². The number of ether oxygens (including phenoxy) is 2. The first-order chi connectivity index (χ1) is 9.63. The maximum absolute atomic E-state index is 9.84. The topological polar surface area (TPSA) is 97.6 Å². The third-order valence-electron chi connectivity index (χ3n) is 2.36. The van der Waals surface area contributed by atoms with Crippen LogP contribution in [0.5, 0.6) is 23.5 Å². The van der Waals surface area contributed by atoms with Gasteiger partial charge in [0.1, 0.15) is 11.5 Å². The molecule has 106 valence electrons. The Labute approximate surface area is 115 Å². The number of rotatable bonds is 5. The molecule has 7 heteroatoms. The summed E-state index contributed by atoms with van der Waals surface area (Å²) in [6.45, 7) is 4.41. The number of hydrogen-bond acceptors (Lipinski definition) is 7. The highest BCUT2D eigenvalue weighted by atomic mass is 16.5. The molecule has 2 rings (SSSR count). The smallest absolute Gasteiger partial charge is 0.323 e. The fourth-order valence-electron chi connectivity index (χ4n) is 1.55. The Balaban J connectivity index is 2.48. The van der Waals surface area contributed by atoms with Gasteiger partial charge in [0, 0.05) is 6.07 Å². The maximum atomic E-state index is 9.84. The van der Waals surface area contributed by atoms with Crippen LogP contribution in [0.2, 0.25) is 0 Å². The van der Waals surface area contributed by atoms with Crippen molar-refractivity contribution < 1.29 is 19.7 Å². The zero-order valence-electron chi connectivity index (χ0n) is 11.2. The maximum Gasteiger partial charge on any atom is 0.323 e. The quantitative estimate of drug-likeness (QED) is 0.859. The highest BCUT2D eigenvalue weighted by molar-refractivity contribution is 5.65. The fourth-order valence-corrected chi connectivity index (χ4v) is 1.55. The van der Waals surface area contributed by atoms with E-state index in [0.717, 1.165) is 0 Å². The summed E-state index contributed by atoms with van der Waals surface area (Å²) < 4.78 is 10.5. The van der Waals surface area contributed by atoms with Crippen molar-refractivity contribution in [3.63, 3.8) is 0 Å². The zero-order chi connectivity index (χ0) is 14.5. The van der Waals surface area contributed by atoms with Crippen LogP contribution in [-0.4, -0.2) is 38.4 Å². The molecule has 0 bridgehead atoms. The van der Waals surface area contributed by atoms with E-state index in [9.17, 15) is 10.2 Å². The second kappa shape index (κ2) is 6.05. The number of phenols is 2. The molecule has 0 atom stereocenters. The Kier molecular flexibility index (Phi) is 4.19. The highest BCUT2D eigenvalue weighted by Crippen LogP contribution is 2.31. The van der Waals surface area contributed by atoms with Gasteiger partial charge in [0.05, 0.1) is 18.8 Å². The van der Waals surface area contributed by atoms with Gasteiger partial charge in [-0.05, 0) is 26.0 Å². The van der Waals surface area contributed by atoms with Gasteiger partial charge in [-0.15, -0.1) is 4.98 Å². The summed E-state index contributed by atoms with van der Waals surface area (Å²) >= 11 is 0. The van der Waals surface area contributed by atoms with Gasteiger partial charge in [-0.2, -0.15) is 9.97 Å². The summed E-state index contributed by atoms with van der Waals surface area (Å²) in [6.07, 6.45) is 0. The molecule has 1 heterocycles. The van der Waals surface area contributed by atoms with Crippen LogP contribution in [0.3, 0.4) is 0 Å². The molecule has 1 aromatic heterocycles. The monoisotopic (exact) mass is 277 g/mol. The molecule has 0 saturated heterocycles. The van der Waals surface area contributed by atoms with Crippen molar-refractivity contribution in [1.82, 2.24) is 15.0 Å². The molecule has 0 amide bonds. The van der Waals surface area contributed by atoms with Crippen molar-refractivity contribution in [3.8, 4) is 34.9 Å². The van der Waals surface area contributed by atoms with E-state index in [4.69, 9.17) is 9.47 Å². The van der Waals surface area contributed by atoms with E-state index in [-0.39, 0.29) is 29.3 Å². The van der Waals surface area contributed by atoms with Crippen LogP contribution in [-0.2, 0) is 0 Å². The van der Waals surface area contributed by atoms with Crippen LogP contribution in [0.1, 0.15) is 13.8 Å². The van der Waals surface area contributed by atoms with E-state index >= 15 is 0 Å². The first kappa shape index (κ1) is 13.9. The summed E-state index contributed by atoms with van der Waals surface area (Å²) in [7, 11) is 0. The van der Waals surface area contributed by atoms with Crippen LogP contribution in [0, 0.1) is 0 Å². The Morgan fingerprint density at radius 1 is 0.950 bits per heavy atom. The number of nitrogens with zero attached hydrogens (tertiary/aromatic N) is 3. The summed E-state index contributed by atoms with van der Waals surface area (Å²) in [5.74, 6) is 0.0286. The summed E-state index contributed by atoms with van der Waals surface area (Å²) in [4.78, 5) is 12.2.